The van der Waals surface area contributed by atoms with Crippen LogP contribution in [0.2, 0.25) is 0 Å². The molecular weight excluding hydrogens is 245 g/mol. The number of hydrogen-bond donors (Lipinski definition) is 1. The van der Waals surface area contributed by atoms with Crippen molar-refractivity contribution < 1.29 is 14.2 Å². The first kappa shape index (κ1) is 14.3. The minimum Gasteiger partial charge on any atom is -0.492 e. The van der Waals surface area contributed by atoms with Crippen LogP contribution in [0.3, 0.4) is 0 Å². The normalized spacial score (nSPS) is 18.3. The van der Waals surface area contributed by atoms with Crippen LogP contribution in [0, 0.1) is 5.82 Å². The van der Waals surface area contributed by atoms with Gasteiger partial charge in [0.25, 0.3) is 0 Å². The van der Waals surface area contributed by atoms with Crippen LogP contribution in [-0.2, 0) is 0 Å². The number of benzene rings is 1. The van der Waals surface area contributed by atoms with Crippen molar-refractivity contribution in [2.75, 3.05) is 26.2 Å². The van der Waals surface area contributed by atoms with Crippen molar-refractivity contribution in [3.05, 3.63) is 29.6 Å². The SMILES string of the molecule is CC(O)c1ccc(OCCN2CCCCC2)cc1F. The molecule has 2 rings (SSSR count). The zero-order chi connectivity index (χ0) is 13.7. The first-order valence-corrected chi connectivity index (χ1v) is 6.99. The van der Waals surface area contributed by atoms with Crippen LogP contribution in [-0.4, -0.2) is 36.2 Å². The topological polar surface area (TPSA) is 32.7 Å². The van der Waals surface area contributed by atoms with E-state index in [4.69, 9.17) is 4.74 Å². The number of ether oxygens (including phenoxy) is 1. The molecule has 3 nitrogen and oxygen atoms in total. The third-order valence-electron chi connectivity index (χ3n) is 3.55. The molecule has 0 saturated carbocycles. The number of aliphatic hydroxyl groups excluding tert-OH is 1. The van der Waals surface area contributed by atoms with Crippen molar-refractivity contribution >= 4 is 0 Å². The maximum absolute atomic E-state index is 13.6. The second kappa shape index (κ2) is 6.87. The first-order chi connectivity index (χ1) is 9.16. The third-order valence-corrected chi connectivity index (χ3v) is 3.55. The van der Waals surface area contributed by atoms with Crippen molar-refractivity contribution in [1.29, 1.82) is 0 Å². The number of aliphatic hydroxyl groups is 1. The van der Waals surface area contributed by atoms with Crippen LogP contribution in [0.1, 0.15) is 37.9 Å². The third kappa shape index (κ3) is 4.18. The number of likely N-dealkylation sites (tertiary alicyclic amines) is 1. The lowest BCUT2D eigenvalue weighted by Crippen LogP contribution is -2.33. The largest absolute Gasteiger partial charge is 0.492 e. The maximum atomic E-state index is 13.6. The Kier molecular flexibility index (Phi) is 5.16. The summed E-state index contributed by atoms with van der Waals surface area (Å²) in [7, 11) is 0. The second-order valence-electron chi connectivity index (χ2n) is 5.11. The lowest BCUT2D eigenvalue weighted by atomic mass is 10.1. The van der Waals surface area contributed by atoms with E-state index in [2.05, 4.69) is 4.90 Å². The van der Waals surface area contributed by atoms with Crippen LogP contribution < -0.4 is 4.74 Å². The van der Waals surface area contributed by atoms with E-state index >= 15 is 0 Å². The highest BCUT2D eigenvalue weighted by Gasteiger charge is 2.11. The van der Waals surface area contributed by atoms with Gasteiger partial charge in [-0.1, -0.05) is 6.42 Å². The van der Waals surface area contributed by atoms with Gasteiger partial charge >= 0.3 is 0 Å². The first-order valence-electron chi connectivity index (χ1n) is 6.99. The fraction of sp³-hybridized carbons (Fsp3) is 0.600. The Morgan fingerprint density at radius 1 is 1.32 bits per heavy atom. The number of nitrogens with zero attached hydrogens (tertiary/aromatic N) is 1. The Bertz CT molecular complexity index is 403. The standard InChI is InChI=1S/C15H22FNO2/c1-12(18)14-6-5-13(11-15(14)16)19-10-9-17-7-3-2-4-8-17/h5-6,11-12,18H,2-4,7-10H2,1H3. The highest BCUT2D eigenvalue weighted by Crippen LogP contribution is 2.21. The molecule has 0 bridgehead atoms. The predicted octanol–water partition coefficient (Wildman–Crippen LogP) is 2.74. The van der Waals surface area contributed by atoms with Crippen molar-refractivity contribution in [3.63, 3.8) is 0 Å². The van der Waals surface area contributed by atoms with Gasteiger partial charge in [-0.05, 0) is 45.0 Å². The van der Waals surface area contributed by atoms with Crippen molar-refractivity contribution in [2.45, 2.75) is 32.3 Å². The van der Waals surface area contributed by atoms with Crippen LogP contribution in [0.5, 0.6) is 5.75 Å². The van der Waals surface area contributed by atoms with E-state index in [1.807, 2.05) is 0 Å². The van der Waals surface area contributed by atoms with Gasteiger partial charge in [0, 0.05) is 18.2 Å². The second-order valence-corrected chi connectivity index (χ2v) is 5.11. The zero-order valence-electron chi connectivity index (χ0n) is 11.4. The summed E-state index contributed by atoms with van der Waals surface area (Å²) >= 11 is 0. The van der Waals surface area contributed by atoms with Gasteiger partial charge in [0.15, 0.2) is 0 Å². The van der Waals surface area contributed by atoms with Gasteiger partial charge in [-0.25, -0.2) is 4.39 Å². The molecule has 106 valence electrons. The smallest absolute Gasteiger partial charge is 0.132 e. The molecule has 1 unspecified atom stereocenters. The summed E-state index contributed by atoms with van der Waals surface area (Å²) in [5.41, 5.74) is 0.309. The Hall–Kier alpha value is -1.13. The Morgan fingerprint density at radius 2 is 2.05 bits per heavy atom. The summed E-state index contributed by atoms with van der Waals surface area (Å²) in [6, 6.07) is 4.63. The molecular formula is C15H22FNO2. The van der Waals surface area contributed by atoms with Gasteiger partial charge in [-0.15, -0.1) is 0 Å². The summed E-state index contributed by atoms with van der Waals surface area (Å²) in [6.07, 6.45) is 3.06. The number of halogens is 1. The molecule has 19 heavy (non-hydrogen) atoms. The van der Waals surface area contributed by atoms with E-state index in [9.17, 15) is 9.50 Å². The zero-order valence-corrected chi connectivity index (χ0v) is 11.4. The fourth-order valence-corrected chi connectivity index (χ4v) is 2.41. The van der Waals surface area contributed by atoms with Gasteiger partial charge < -0.3 is 9.84 Å². The molecule has 0 aliphatic carbocycles. The molecule has 0 amide bonds. The molecule has 0 radical (unpaired) electrons. The minimum absolute atomic E-state index is 0.309. The summed E-state index contributed by atoms with van der Waals surface area (Å²) in [4.78, 5) is 2.38. The molecule has 0 aromatic heterocycles. The maximum Gasteiger partial charge on any atom is 0.132 e. The van der Waals surface area contributed by atoms with Crippen LogP contribution in [0.4, 0.5) is 4.39 Å². The van der Waals surface area contributed by atoms with Crippen LogP contribution in [0.15, 0.2) is 18.2 Å². The van der Waals surface area contributed by atoms with E-state index in [-0.39, 0.29) is 0 Å². The Labute approximate surface area is 114 Å². The quantitative estimate of drug-likeness (QED) is 0.890. The highest BCUT2D eigenvalue weighted by atomic mass is 19.1. The molecule has 1 aromatic rings. The van der Waals surface area contributed by atoms with Gasteiger partial charge in [-0.3, -0.25) is 4.90 Å². The van der Waals surface area contributed by atoms with Crippen molar-refractivity contribution in [2.24, 2.45) is 0 Å². The van der Waals surface area contributed by atoms with E-state index in [0.717, 1.165) is 19.6 Å². The lowest BCUT2D eigenvalue weighted by Gasteiger charge is -2.26. The molecule has 1 fully saturated rings. The summed E-state index contributed by atoms with van der Waals surface area (Å²) in [5, 5.41) is 9.35. The van der Waals surface area contributed by atoms with Gasteiger partial charge in [0.05, 0.1) is 6.10 Å². The molecule has 4 heteroatoms. The number of rotatable bonds is 5. The minimum atomic E-state index is -0.789. The van der Waals surface area contributed by atoms with Gasteiger partial charge in [-0.2, -0.15) is 0 Å². The molecule has 1 N–H and O–H groups in total. The van der Waals surface area contributed by atoms with Crippen molar-refractivity contribution in [1.82, 2.24) is 4.90 Å². The Morgan fingerprint density at radius 3 is 2.68 bits per heavy atom. The number of piperidine rings is 1. The molecule has 1 saturated heterocycles. The fourth-order valence-electron chi connectivity index (χ4n) is 2.41. The highest BCUT2D eigenvalue weighted by molar-refractivity contribution is 5.29. The van der Waals surface area contributed by atoms with Gasteiger partial charge in [0.2, 0.25) is 0 Å². The molecule has 1 atom stereocenters. The van der Waals surface area contributed by atoms with E-state index in [1.54, 1.807) is 19.1 Å². The summed E-state index contributed by atoms with van der Waals surface area (Å²) < 4.78 is 19.2. The molecule has 1 aromatic carbocycles. The lowest BCUT2D eigenvalue weighted by molar-refractivity contribution is 0.182. The van der Waals surface area contributed by atoms with Crippen LogP contribution >= 0.6 is 0 Å². The average molecular weight is 267 g/mol. The van der Waals surface area contributed by atoms with E-state index < -0.39 is 11.9 Å². The van der Waals surface area contributed by atoms with Crippen LogP contribution in [0.25, 0.3) is 0 Å². The van der Waals surface area contributed by atoms with Gasteiger partial charge in [0.1, 0.15) is 18.2 Å². The van der Waals surface area contributed by atoms with Crippen molar-refractivity contribution in [3.8, 4) is 5.75 Å². The summed E-state index contributed by atoms with van der Waals surface area (Å²) in [6.45, 7) is 5.29. The predicted molar refractivity (Wildman–Crippen MR) is 72.8 cm³/mol. The van der Waals surface area contributed by atoms with E-state index in [1.165, 1.54) is 25.3 Å². The number of hydrogen-bond acceptors (Lipinski definition) is 3. The molecule has 1 aliphatic rings. The average Bonchev–Trinajstić information content (AvgIpc) is 2.39. The Balaban J connectivity index is 1.81. The summed E-state index contributed by atoms with van der Waals surface area (Å²) in [5.74, 6) is 0.115. The monoisotopic (exact) mass is 267 g/mol. The molecule has 1 aliphatic heterocycles. The molecule has 1 heterocycles. The molecule has 0 spiro atoms. The van der Waals surface area contributed by atoms with E-state index in [0.29, 0.717) is 17.9 Å².